The Morgan fingerprint density at radius 1 is 1.22 bits per heavy atom. The molecule has 0 unspecified atom stereocenters. The van der Waals surface area contributed by atoms with Crippen molar-refractivity contribution in [1.82, 2.24) is 0 Å². The summed E-state index contributed by atoms with van der Waals surface area (Å²) in [6.07, 6.45) is 0. The van der Waals surface area contributed by atoms with E-state index in [0.29, 0.717) is 0 Å². The van der Waals surface area contributed by atoms with Crippen molar-refractivity contribution < 1.29 is 19.5 Å². The summed E-state index contributed by atoms with van der Waals surface area (Å²) in [6, 6.07) is 8.08. The standard InChI is InChI=1S/C8H9.Zn/c1-7-5-3-4-6-8(7)2;/h3-6H,1H2,2H3;/q-1;+2. The van der Waals surface area contributed by atoms with Crippen molar-refractivity contribution in [3.05, 3.63) is 42.3 Å². The number of hydrogen-bond donors (Lipinski definition) is 0. The monoisotopic (exact) mass is 169 g/mol. The van der Waals surface area contributed by atoms with Crippen molar-refractivity contribution in [2.24, 2.45) is 0 Å². The van der Waals surface area contributed by atoms with Crippen molar-refractivity contribution in [2.45, 2.75) is 6.92 Å². The fourth-order valence-corrected chi connectivity index (χ4v) is 0.610. The van der Waals surface area contributed by atoms with Crippen molar-refractivity contribution >= 4 is 0 Å². The molecule has 0 fully saturated rings. The van der Waals surface area contributed by atoms with Crippen LogP contribution >= 0.6 is 0 Å². The van der Waals surface area contributed by atoms with Crippen LogP contribution in [0.4, 0.5) is 0 Å². The van der Waals surface area contributed by atoms with Crippen LogP contribution in [0.1, 0.15) is 11.1 Å². The third-order valence-electron chi connectivity index (χ3n) is 1.26. The summed E-state index contributed by atoms with van der Waals surface area (Å²) in [5.74, 6) is 0. The van der Waals surface area contributed by atoms with Crippen LogP contribution in [-0.4, -0.2) is 0 Å². The van der Waals surface area contributed by atoms with E-state index in [1.165, 1.54) is 5.56 Å². The SMILES string of the molecule is [CH2-]c1ccccc1C.[Zn+2]. The Hall–Kier alpha value is -0.287. The zero-order valence-electron chi connectivity index (χ0n) is 5.72. The maximum Gasteiger partial charge on any atom is 2.00 e. The van der Waals surface area contributed by atoms with Crippen LogP contribution < -0.4 is 0 Å². The molecule has 0 aliphatic carbocycles. The molecule has 0 amide bonds. The number of aryl methyl sites for hydroxylation is 1. The second kappa shape index (κ2) is 3.68. The summed E-state index contributed by atoms with van der Waals surface area (Å²) >= 11 is 0. The van der Waals surface area contributed by atoms with Gasteiger partial charge in [-0.05, 0) is 0 Å². The summed E-state index contributed by atoms with van der Waals surface area (Å²) in [5, 5.41) is 0. The molecule has 1 aromatic carbocycles. The predicted molar refractivity (Wildman–Crippen MR) is 35.6 cm³/mol. The van der Waals surface area contributed by atoms with Gasteiger partial charge in [0.05, 0.1) is 0 Å². The number of rotatable bonds is 0. The summed E-state index contributed by atoms with van der Waals surface area (Å²) in [7, 11) is 0. The molecular weight excluding hydrogens is 161 g/mol. The molecule has 42 valence electrons. The number of benzene rings is 1. The molecule has 0 N–H and O–H groups in total. The van der Waals surface area contributed by atoms with E-state index in [1.54, 1.807) is 0 Å². The molecule has 0 spiro atoms. The van der Waals surface area contributed by atoms with Crippen molar-refractivity contribution in [1.29, 1.82) is 0 Å². The van der Waals surface area contributed by atoms with E-state index in [0.717, 1.165) is 5.56 Å². The van der Waals surface area contributed by atoms with E-state index >= 15 is 0 Å². The van der Waals surface area contributed by atoms with Gasteiger partial charge in [0.2, 0.25) is 0 Å². The molecule has 0 saturated heterocycles. The Kier molecular flexibility index (Phi) is 3.57. The minimum absolute atomic E-state index is 0. The molecule has 0 saturated carbocycles. The fraction of sp³-hybridized carbons (Fsp3) is 0.125. The van der Waals surface area contributed by atoms with E-state index in [2.05, 4.69) is 19.9 Å². The molecule has 0 atom stereocenters. The molecule has 0 aromatic heterocycles. The summed E-state index contributed by atoms with van der Waals surface area (Å²) < 4.78 is 0. The summed E-state index contributed by atoms with van der Waals surface area (Å²) in [4.78, 5) is 0. The molecule has 0 nitrogen and oxygen atoms in total. The normalized spacial score (nSPS) is 8.11. The zero-order chi connectivity index (χ0) is 5.98. The summed E-state index contributed by atoms with van der Waals surface area (Å²) in [5.41, 5.74) is 2.38. The van der Waals surface area contributed by atoms with Gasteiger partial charge in [-0.2, -0.15) is 24.1 Å². The third kappa shape index (κ3) is 2.19. The maximum absolute atomic E-state index is 3.82. The molecule has 1 rings (SSSR count). The maximum atomic E-state index is 3.82. The first-order chi connectivity index (χ1) is 3.80. The number of hydrogen-bond acceptors (Lipinski definition) is 0. The Morgan fingerprint density at radius 2 is 1.78 bits per heavy atom. The topological polar surface area (TPSA) is 0 Å². The van der Waals surface area contributed by atoms with E-state index in [1.807, 2.05) is 18.2 Å². The average Bonchev–Trinajstić information content (AvgIpc) is 1.77. The van der Waals surface area contributed by atoms with E-state index in [9.17, 15) is 0 Å². The third-order valence-corrected chi connectivity index (χ3v) is 1.26. The van der Waals surface area contributed by atoms with E-state index in [4.69, 9.17) is 0 Å². The predicted octanol–water partition coefficient (Wildman–Crippen LogP) is 2.17. The molecule has 0 bridgehead atoms. The minimum Gasteiger partial charge on any atom is -0.198 e. The molecule has 1 aromatic rings. The minimum atomic E-state index is 0. The quantitative estimate of drug-likeness (QED) is 0.414. The van der Waals surface area contributed by atoms with Gasteiger partial charge < -0.3 is 0 Å². The van der Waals surface area contributed by atoms with Gasteiger partial charge in [0.1, 0.15) is 0 Å². The van der Waals surface area contributed by atoms with Crippen LogP contribution in [0, 0.1) is 13.8 Å². The average molecular weight is 171 g/mol. The Balaban J connectivity index is 0.000000640. The molecular formula is C8H9Zn+. The first-order valence-corrected chi connectivity index (χ1v) is 2.68. The Labute approximate surface area is 69.0 Å². The van der Waals surface area contributed by atoms with Crippen LogP contribution in [-0.2, 0) is 19.5 Å². The van der Waals surface area contributed by atoms with Crippen LogP contribution in [0.5, 0.6) is 0 Å². The van der Waals surface area contributed by atoms with Crippen LogP contribution in [0.3, 0.4) is 0 Å². The van der Waals surface area contributed by atoms with Crippen molar-refractivity contribution in [2.75, 3.05) is 0 Å². The van der Waals surface area contributed by atoms with Crippen molar-refractivity contribution in [3.8, 4) is 0 Å². The van der Waals surface area contributed by atoms with Crippen LogP contribution in [0.2, 0.25) is 0 Å². The molecule has 0 heterocycles. The van der Waals surface area contributed by atoms with Gasteiger partial charge >= 0.3 is 19.5 Å². The van der Waals surface area contributed by atoms with E-state index < -0.39 is 0 Å². The first-order valence-electron chi connectivity index (χ1n) is 2.68. The smallest absolute Gasteiger partial charge is 0.198 e. The van der Waals surface area contributed by atoms with Gasteiger partial charge in [-0.3, -0.25) is 0 Å². The Morgan fingerprint density at radius 3 is 2.11 bits per heavy atom. The van der Waals surface area contributed by atoms with Gasteiger partial charge in [-0.1, -0.05) is 13.0 Å². The summed E-state index contributed by atoms with van der Waals surface area (Å²) in [6.45, 7) is 5.88. The second-order valence-electron chi connectivity index (χ2n) is 1.93. The van der Waals surface area contributed by atoms with Gasteiger partial charge in [0.25, 0.3) is 0 Å². The van der Waals surface area contributed by atoms with E-state index in [-0.39, 0.29) is 19.5 Å². The van der Waals surface area contributed by atoms with Crippen LogP contribution in [0.15, 0.2) is 24.3 Å². The molecule has 0 radical (unpaired) electrons. The first kappa shape index (κ1) is 8.71. The molecule has 1 heteroatoms. The zero-order valence-corrected chi connectivity index (χ0v) is 8.69. The van der Waals surface area contributed by atoms with Gasteiger partial charge in [-0.25, -0.2) is 0 Å². The molecule has 9 heavy (non-hydrogen) atoms. The van der Waals surface area contributed by atoms with Gasteiger partial charge in [-0.15, -0.1) is 12.1 Å². The molecule has 0 aliphatic rings. The second-order valence-corrected chi connectivity index (χ2v) is 1.93. The fourth-order valence-electron chi connectivity index (χ4n) is 0.610. The largest absolute Gasteiger partial charge is 2.00 e. The Bertz CT molecular complexity index is 161. The molecule has 0 aliphatic heterocycles. The van der Waals surface area contributed by atoms with Crippen molar-refractivity contribution in [3.63, 3.8) is 0 Å². The van der Waals surface area contributed by atoms with Crippen LogP contribution in [0.25, 0.3) is 0 Å². The van der Waals surface area contributed by atoms with Gasteiger partial charge in [0.15, 0.2) is 0 Å². The van der Waals surface area contributed by atoms with Gasteiger partial charge in [0, 0.05) is 0 Å².